The standard InChI is InChI=1S/C23H26N4O4/c1-4-30-18-13-16-11-12-27(22(28)21-24-23(29)26(3)25-21)20(15-9-7-6-8-10-15)17(16)14-19(18)31-5-2/h6-10,13-14,20H,4-5,11-12H2,1-3H3,(H,24,25,29). The highest BCUT2D eigenvalue weighted by Gasteiger charge is 2.35. The van der Waals surface area contributed by atoms with E-state index < -0.39 is 5.69 Å². The zero-order valence-electron chi connectivity index (χ0n) is 17.9. The number of carbonyl (C=O) groups is 1. The summed E-state index contributed by atoms with van der Waals surface area (Å²) in [4.78, 5) is 29.5. The van der Waals surface area contributed by atoms with Crippen LogP contribution in [0, 0.1) is 0 Å². The number of nitrogens with one attached hydrogen (secondary N) is 1. The van der Waals surface area contributed by atoms with E-state index in [1.807, 2.05) is 56.3 Å². The number of aryl methyl sites for hydroxylation is 1. The Morgan fingerprint density at radius 3 is 2.42 bits per heavy atom. The molecular weight excluding hydrogens is 396 g/mol. The number of fused-ring (bicyclic) bond motifs is 1. The zero-order chi connectivity index (χ0) is 22.0. The smallest absolute Gasteiger partial charge is 0.343 e. The topological polar surface area (TPSA) is 89.4 Å². The molecule has 0 radical (unpaired) electrons. The van der Waals surface area contributed by atoms with Crippen molar-refractivity contribution < 1.29 is 14.3 Å². The Kier molecular flexibility index (Phi) is 5.79. The first-order valence-corrected chi connectivity index (χ1v) is 10.4. The minimum atomic E-state index is -0.419. The number of carbonyl (C=O) groups excluding carboxylic acids is 1. The van der Waals surface area contributed by atoms with Gasteiger partial charge in [-0.25, -0.2) is 9.48 Å². The summed E-state index contributed by atoms with van der Waals surface area (Å²) in [6.07, 6.45) is 0.661. The van der Waals surface area contributed by atoms with Crippen LogP contribution in [0.2, 0.25) is 0 Å². The first kappa shape index (κ1) is 20.7. The second kappa shape index (κ2) is 8.67. The van der Waals surface area contributed by atoms with Gasteiger partial charge < -0.3 is 14.4 Å². The van der Waals surface area contributed by atoms with Crippen LogP contribution < -0.4 is 15.2 Å². The fourth-order valence-corrected chi connectivity index (χ4v) is 4.01. The molecule has 1 N–H and O–H groups in total. The third-order valence-electron chi connectivity index (χ3n) is 5.38. The highest BCUT2D eigenvalue weighted by Crippen LogP contribution is 2.41. The van der Waals surface area contributed by atoms with Gasteiger partial charge in [0.05, 0.1) is 19.3 Å². The SMILES string of the molecule is CCOc1cc2c(cc1OCC)C(c1ccccc1)N(C(=O)c1nn(C)c(=O)[nH]1)CC2. The van der Waals surface area contributed by atoms with Crippen LogP contribution in [0.4, 0.5) is 0 Å². The van der Waals surface area contributed by atoms with Crippen molar-refractivity contribution in [3.05, 3.63) is 75.5 Å². The quantitative estimate of drug-likeness (QED) is 0.660. The Labute approximate surface area is 180 Å². The average molecular weight is 422 g/mol. The van der Waals surface area contributed by atoms with Crippen LogP contribution in [-0.2, 0) is 13.5 Å². The largest absolute Gasteiger partial charge is 0.490 e. The maximum atomic E-state index is 13.4. The molecular formula is C23H26N4O4. The predicted molar refractivity (Wildman–Crippen MR) is 116 cm³/mol. The number of hydrogen-bond donors (Lipinski definition) is 1. The number of amides is 1. The second-order valence-corrected chi connectivity index (χ2v) is 7.33. The molecule has 1 aromatic heterocycles. The fourth-order valence-electron chi connectivity index (χ4n) is 4.01. The molecule has 1 unspecified atom stereocenters. The summed E-state index contributed by atoms with van der Waals surface area (Å²) in [6, 6.07) is 13.5. The minimum absolute atomic E-state index is 0.0350. The molecule has 0 spiro atoms. The van der Waals surface area contributed by atoms with Gasteiger partial charge in [0.15, 0.2) is 11.5 Å². The average Bonchev–Trinajstić information content (AvgIpc) is 3.12. The van der Waals surface area contributed by atoms with Gasteiger partial charge in [-0.3, -0.25) is 9.78 Å². The van der Waals surface area contributed by atoms with E-state index >= 15 is 0 Å². The fraction of sp³-hybridized carbons (Fsp3) is 0.348. The molecule has 1 aliphatic heterocycles. The number of nitrogens with zero attached hydrogens (tertiary/aromatic N) is 3. The molecule has 8 heteroatoms. The van der Waals surface area contributed by atoms with Gasteiger partial charge >= 0.3 is 5.69 Å². The third kappa shape index (κ3) is 3.93. The molecule has 3 aromatic rings. The van der Waals surface area contributed by atoms with Crippen LogP contribution >= 0.6 is 0 Å². The Balaban J connectivity index is 1.83. The monoisotopic (exact) mass is 422 g/mol. The predicted octanol–water partition coefficient (Wildman–Crippen LogP) is 2.69. The van der Waals surface area contributed by atoms with Crippen LogP contribution in [0.3, 0.4) is 0 Å². The molecule has 0 fully saturated rings. The molecule has 0 aliphatic carbocycles. The van der Waals surface area contributed by atoms with Gasteiger partial charge in [0, 0.05) is 13.6 Å². The maximum absolute atomic E-state index is 13.4. The first-order chi connectivity index (χ1) is 15.0. The van der Waals surface area contributed by atoms with E-state index in [0.717, 1.165) is 21.4 Å². The summed E-state index contributed by atoms with van der Waals surface area (Å²) >= 11 is 0. The maximum Gasteiger partial charge on any atom is 0.343 e. The van der Waals surface area contributed by atoms with E-state index in [2.05, 4.69) is 10.1 Å². The number of aromatic amines is 1. The van der Waals surface area contributed by atoms with Crippen molar-refractivity contribution in [1.29, 1.82) is 0 Å². The van der Waals surface area contributed by atoms with E-state index in [4.69, 9.17) is 9.47 Å². The molecule has 1 atom stereocenters. The lowest BCUT2D eigenvalue weighted by molar-refractivity contribution is 0.0681. The lowest BCUT2D eigenvalue weighted by Crippen LogP contribution is -2.41. The Hall–Kier alpha value is -3.55. The second-order valence-electron chi connectivity index (χ2n) is 7.33. The Morgan fingerprint density at radius 1 is 1.13 bits per heavy atom. The van der Waals surface area contributed by atoms with Crippen molar-refractivity contribution in [2.24, 2.45) is 7.05 Å². The Morgan fingerprint density at radius 2 is 1.81 bits per heavy atom. The molecule has 0 saturated heterocycles. The van der Waals surface area contributed by atoms with Crippen LogP contribution in [0.15, 0.2) is 47.3 Å². The molecule has 0 saturated carbocycles. The van der Waals surface area contributed by atoms with Crippen molar-refractivity contribution >= 4 is 5.91 Å². The summed E-state index contributed by atoms with van der Waals surface area (Å²) in [5.74, 6) is 1.09. The lowest BCUT2D eigenvalue weighted by Gasteiger charge is -2.37. The summed E-state index contributed by atoms with van der Waals surface area (Å²) in [5, 5.41) is 4.07. The lowest BCUT2D eigenvalue weighted by atomic mass is 9.87. The number of benzene rings is 2. The molecule has 2 heterocycles. The van der Waals surface area contributed by atoms with Crippen molar-refractivity contribution in [3.8, 4) is 11.5 Å². The summed E-state index contributed by atoms with van der Waals surface area (Å²) in [6.45, 7) is 5.40. The van der Waals surface area contributed by atoms with Crippen LogP contribution in [0.25, 0.3) is 0 Å². The Bertz CT molecular complexity index is 1140. The number of ether oxygens (including phenoxy) is 2. The molecule has 0 bridgehead atoms. The van der Waals surface area contributed by atoms with E-state index in [-0.39, 0.29) is 17.8 Å². The van der Waals surface area contributed by atoms with Gasteiger partial charge in [-0.15, -0.1) is 5.10 Å². The van der Waals surface area contributed by atoms with Crippen molar-refractivity contribution in [2.75, 3.05) is 19.8 Å². The number of hydrogen-bond acceptors (Lipinski definition) is 5. The highest BCUT2D eigenvalue weighted by atomic mass is 16.5. The van der Waals surface area contributed by atoms with Gasteiger partial charge in [0.1, 0.15) is 0 Å². The van der Waals surface area contributed by atoms with E-state index in [9.17, 15) is 9.59 Å². The minimum Gasteiger partial charge on any atom is -0.490 e. The summed E-state index contributed by atoms with van der Waals surface area (Å²) in [5.41, 5.74) is 2.65. The van der Waals surface area contributed by atoms with Gasteiger partial charge in [-0.2, -0.15) is 0 Å². The summed E-state index contributed by atoms with van der Waals surface area (Å²) in [7, 11) is 1.51. The van der Waals surface area contributed by atoms with Crippen molar-refractivity contribution in [2.45, 2.75) is 26.3 Å². The first-order valence-electron chi connectivity index (χ1n) is 10.4. The molecule has 4 rings (SSSR count). The van der Waals surface area contributed by atoms with Gasteiger partial charge in [0.25, 0.3) is 5.91 Å². The van der Waals surface area contributed by atoms with Crippen LogP contribution in [0.1, 0.15) is 47.2 Å². The zero-order valence-corrected chi connectivity index (χ0v) is 17.9. The number of aromatic nitrogens is 3. The molecule has 8 nitrogen and oxygen atoms in total. The third-order valence-corrected chi connectivity index (χ3v) is 5.38. The summed E-state index contributed by atoms with van der Waals surface area (Å²) < 4.78 is 12.8. The molecule has 162 valence electrons. The highest BCUT2D eigenvalue weighted by molar-refractivity contribution is 5.91. The number of H-pyrrole nitrogens is 1. The van der Waals surface area contributed by atoms with E-state index in [0.29, 0.717) is 37.7 Å². The normalized spacial score (nSPS) is 15.5. The van der Waals surface area contributed by atoms with Gasteiger partial charge in [-0.1, -0.05) is 30.3 Å². The van der Waals surface area contributed by atoms with Crippen molar-refractivity contribution in [3.63, 3.8) is 0 Å². The van der Waals surface area contributed by atoms with Gasteiger partial charge in [-0.05, 0) is 49.1 Å². The number of rotatable bonds is 6. The van der Waals surface area contributed by atoms with Crippen molar-refractivity contribution in [1.82, 2.24) is 19.7 Å². The van der Waals surface area contributed by atoms with Gasteiger partial charge in [0.2, 0.25) is 5.82 Å². The van der Waals surface area contributed by atoms with E-state index in [1.54, 1.807) is 4.90 Å². The van der Waals surface area contributed by atoms with Crippen LogP contribution in [-0.4, -0.2) is 45.3 Å². The molecule has 1 aliphatic rings. The molecule has 2 aromatic carbocycles. The molecule has 31 heavy (non-hydrogen) atoms. The van der Waals surface area contributed by atoms with E-state index in [1.165, 1.54) is 7.05 Å². The van der Waals surface area contributed by atoms with Crippen LogP contribution in [0.5, 0.6) is 11.5 Å². The molecule has 1 amide bonds.